The smallest absolute Gasteiger partial charge is 0.344 e. The number of hydrogen-bond acceptors (Lipinski definition) is 24. The lowest BCUT2D eigenvalue weighted by Gasteiger charge is -2.28. The summed E-state index contributed by atoms with van der Waals surface area (Å²) in [6, 6.07) is 0. The van der Waals surface area contributed by atoms with Crippen molar-refractivity contribution < 1.29 is 114 Å². The monoisotopic (exact) mass is 1250 g/mol. The van der Waals surface area contributed by atoms with Crippen LogP contribution in [0.15, 0.2) is 72.9 Å². The normalized spacial score (nSPS) is 21.2. The molecule has 0 saturated heterocycles. The zero-order valence-electron chi connectivity index (χ0n) is 51.6. The standard InChI is InChI=1S/C65H88O24/c1-9-78-54(66)40(3)58(70)82-32-46-14-22-50(23-15-46)36-86-62(74)44(7)64(76)88-38-52-26-18-48(19-27-52)34-84-60(72)42(5)56(68)80-30-12-11-13-31-81-57(69)43(6)61(73)85-35-49-20-28-53(29-21-49)39-89-65(77)45(8)63(75)87-37-51-24-16-47(17-25-51)33-83-59(71)41(4)55(67)79-10-2/h46-53H,3-39H2,1-2H3. The summed E-state index contributed by atoms with van der Waals surface area (Å²) >= 11 is 0. The van der Waals surface area contributed by atoms with E-state index in [9.17, 15) is 57.5 Å². The molecule has 4 aliphatic rings. The summed E-state index contributed by atoms with van der Waals surface area (Å²) in [6.07, 6.45) is 12.2. The second-order valence-corrected chi connectivity index (χ2v) is 23.0. The van der Waals surface area contributed by atoms with E-state index in [0.717, 1.165) is 0 Å². The van der Waals surface area contributed by atoms with E-state index >= 15 is 0 Å². The average molecular weight is 1250 g/mol. The Morgan fingerprint density at radius 2 is 0.360 bits per heavy atom. The molecule has 0 unspecified atom stereocenters. The van der Waals surface area contributed by atoms with E-state index in [1.54, 1.807) is 13.8 Å². The molecule has 0 radical (unpaired) electrons. The van der Waals surface area contributed by atoms with Gasteiger partial charge >= 0.3 is 71.6 Å². The molecule has 0 aliphatic heterocycles. The lowest BCUT2D eigenvalue weighted by molar-refractivity contribution is -0.151. The Morgan fingerprint density at radius 3 is 0.506 bits per heavy atom. The quantitative estimate of drug-likeness (QED) is 0.0148. The Hall–Kier alpha value is -7.92. The highest BCUT2D eigenvalue weighted by Crippen LogP contribution is 2.33. The Morgan fingerprint density at radius 1 is 0.225 bits per heavy atom. The molecule has 4 saturated carbocycles. The third-order valence-electron chi connectivity index (χ3n) is 16.2. The van der Waals surface area contributed by atoms with Gasteiger partial charge in [0.2, 0.25) is 0 Å². The van der Waals surface area contributed by atoms with Gasteiger partial charge in [-0.15, -0.1) is 0 Å². The molecule has 492 valence electrons. The molecule has 4 aliphatic carbocycles. The number of rotatable bonds is 36. The molecule has 0 spiro atoms. The molecule has 0 bridgehead atoms. The van der Waals surface area contributed by atoms with Gasteiger partial charge in [-0.05, 0) is 183 Å². The van der Waals surface area contributed by atoms with Gasteiger partial charge in [0.25, 0.3) is 0 Å². The van der Waals surface area contributed by atoms with Crippen molar-refractivity contribution in [3.63, 3.8) is 0 Å². The third kappa shape index (κ3) is 26.4. The van der Waals surface area contributed by atoms with Crippen LogP contribution in [-0.4, -0.2) is 151 Å². The van der Waals surface area contributed by atoms with Crippen molar-refractivity contribution in [2.45, 2.75) is 136 Å². The van der Waals surface area contributed by atoms with Crippen LogP contribution in [0.25, 0.3) is 0 Å². The molecule has 0 aromatic carbocycles. The lowest BCUT2D eigenvalue weighted by atomic mass is 9.83. The van der Waals surface area contributed by atoms with Crippen molar-refractivity contribution in [2.24, 2.45) is 47.3 Å². The predicted octanol–water partition coefficient (Wildman–Crippen LogP) is 7.28. The summed E-state index contributed by atoms with van der Waals surface area (Å²) < 4.78 is 62.5. The van der Waals surface area contributed by atoms with Crippen molar-refractivity contribution in [3.8, 4) is 0 Å². The highest BCUT2D eigenvalue weighted by molar-refractivity contribution is 6.16. The van der Waals surface area contributed by atoms with Gasteiger partial charge in [0, 0.05) is 0 Å². The number of ether oxygens (including phenoxy) is 12. The third-order valence-corrected chi connectivity index (χ3v) is 16.2. The van der Waals surface area contributed by atoms with E-state index in [4.69, 9.17) is 56.8 Å². The van der Waals surface area contributed by atoms with E-state index in [1.165, 1.54) is 0 Å². The van der Waals surface area contributed by atoms with Crippen LogP contribution in [0.1, 0.15) is 136 Å². The minimum atomic E-state index is -0.932. The van der Waals surface area contributed by atoms with Gasteiger partial charge in [-0.2, -0.15) is 0 Å². The van der Waals surface area contributed by atoms with Crippen molar-refractivity contribution in [3.05, 3.63) is 72.9 Å². The molecule has 24 nitrogen and oxygen atoms in total. The molecule has 89 heavy (non-hydrogen) atoms. The van der Waals surface area contributed by atoms with Crippen LogP contribution >= 0.6 is 0 Å². The zero-order chi connectivity index (χ0) is 65.4. The fraction of sp³-hybridized carbons (Fsp3) is 0.631. The molecular formula is C65H88O24. The van der Waals surface area contributed by atoms with E-state index in [1.807, 2.05) is 0 Å². The summed E-state index contributed by atoms with van der Waals surface area (Å²) in [5, 5.41) is 0. The second kappa shape index (κ2) is 39.2. The van der Waals surface area contributed by atoms with E-state index in [2.05, 4.69) is 39.5 Å². The van der Waals surface area contributed by atoms with Crippen LogP contribution < -0.4 is 0 Å². The Kier molecular flexibility index (Phi) is 32.4. The van der Waals surface area contributed by atoms with Gasteiger partial charge < -0.3 is 56.8 Å². The van der Waals surface area contributed by atoms with E-state index < -0.39 is 93.9 Å². The van der Waals surface area contributed by atoms with Gasteiger partial charge in [-0.1, -0.05) is 39.5 Å². The van der Waals surface area contributed by atoms with Crippen molar-refractivity contribution in [1.29, 1.82) is 0 Å². The summed E-state index contributed by atoms with van der Waals surface area (Å²) in [5.74, 6) is -10.1. The molecule has 24 heteroatoms. The first-order valence-corrected chi connectivity index (χ1v) is 30.7. The van der Waals surface area contributed by atoms with Crippen LogP contribution in [0, 0.1) is 47.3 Å². The minimum Gasteiger partial charge on any atom is -0.462 e. The maximum atomic E-state index is 12.6. The molecule has 0 aromatic heterocycles. The van der Waals surface area contributed by atoms with Crippen molar-refractivity contribution in [2.75, 3.05) is 79.3 Å². The van der Waals surface area contributed by atoms with Crippen LogP contribution in [0.5, 0.6) is 0 Å². The minimum absolute atomic E-state index is 0.000906. The molecule has 0 heterocycles. The number of esters is 12. The molecule has 4 rings (SSSR count). The first kappa shape index (κ1) is 73.5. The van der Waals surface area contributed by atoms with Gasteiger partial charge in [0.1, 0.15) is 33.4 Å². The fourth-order valence-corrected chi connectivity index (χ4v) is 10.3. The second-order valence-electron chi connectivity index (χ2n) is 23.0. The summed E-state index contributed by atoms with van der Waals surface area (Å²) in [4.78, 5) is 148. The average Bonchev–Trinajstić information content (AvgIpc) is 3.66. The number of hydrogen-bond donors (Lipinski definition) is 0. The molecule has 0 amide bonds. The zero-order valence-corrected chi connectivity index (χ0v) is 51.6. The van der Waals surface area contributed by atoms with E-state index in [-0.39, 0.29) is 138 Å². The highest BCUT2D eigenvalue weighted by Gasteiger charge is 2.32. The molecule has 0 aromatic rings. The van der Waals surface area contributed by atoms with E-state index in [0.29, 0.717) is 122 Å². The Balaban J connectivity index is 0.947. The maximum Gasteiger partial charge on any atom is 0.344 e. The molecule has 0 N–H and O–H groups in total. The first-order chi connectivity index (χ1) is 42.5. The van der Waals surface area contributed by atoms with Gasteiger partial charge in [0.15, 0.2) is 0 Å². The van der Waals surface area contributed by atoms with Gasteiger partial charge in [0.05, 0.1) is 79.3 Å². The number of carbonyl (C=O) groups is 12. The highest BCUT2D eigenvalue weighted by atomic mass is 16.6. The van der Waals surface area contributed by atoms with Gasteiger partial charge in [-0.25, -0.2) is 57.5 Å². The lowest BCUT2D eigenvalue weighted by Crippen LogP contribution is -2.27. The van der Waals surface area contributed by atoms with Crippen LogP contribution in [-0.2, 0) is 114 Å². The molecule has 0 atom stereocenters. The Labute approximate surface area is 519 Å². The van der Waals surface area contributed by atoms with Crippen LogP contribution in [0.4, 0.5) is 0 Å². The summed E-state index contributed by atoms with van der Waals surface area (Å²) in [6.45, 7) is 25.1. The first-order valence-electron chi connectivity index (χ1n) is 30.7. The topological polar surface area (TPSA) is 316 Å². The van der Waals surface area contributed by atoms with Crippen LogP contribution in [0.3, 0.4) is 0 Å². The number of unbranched alkanes of at least 4 members (excludes halogenated alkanes) is 2. The summed E-state index contributed by atoms with van der Waals surface area (Å²) in [7, 11) is 0. The molecular weight excluding hydrogens is 1160 g/mol. The van der Waals surface area contributed by atoms with Crippen molar-refractivity contribution in [1.82, 2.24) is 0 Å². The van der Waals surface area contributed by atoms with Gasteiger partial charge in [-0.3, -0.25) is 0 Å². The largest absolute Gasteiger partial charge is 0.462 e. The predicted molar refractivity (Wildman–Crippen MR) is 313 cm³/mol. The summed E-state index contributed by atoms with van der Waals surface area (Å²) in [5.41, 5.74) is -2.47. The van der Waals surface area contributed by atoms with Crippen LogP contribution in [0.2, 0.25) is 0 Å². The SMILES string of the molecule is C=C(C(=O)OCC)C(=O)OCC1CCC(COC(=O)C(=C)C(=O)OCC2CCC(COC(=O)C(=C)C(=O)OCCCCCOC(=O)C(=C)C(=O)OCC3CCC(COC(=O)C(=C)C(=O)OCC4CCC(COC(=O)C(=C)C(=O)OCC)CC4)CC3)CC2)CC1. The maximum absolute atomic E-state index is 12.6. The number of carbonyl (C=O) groups excluding carboxylic acids is 12. The van der Waals surface area contributed by atoms with Crippen molar-refractivity contribution >= 4 is 71.6 Å². The molecule has 4 fully saturated rings. The Bertz CT molecular complexity index is 2400. The fourth-order valence-electron chi connectivity index (χ4n) is 10.3.